The summed E-state index contributed by atoms with van der Waals surface area (Å²) < 4.78 is 5.59. The van der Waals surface area contributed by atoms with Gasteiger partial charge >= 0.3 is 0 Å². The summed E-state index contributed by atoms with van der Waals surface area (Å²) in [6.07, 6.45) is 7.34. The van der Waals surface area contributed by atoms with Crippen molar-refractivity contribution in [2.24, 2.45) is 0 Å². The van der Waals surface area contributed by atoms with E-state index in [2.05, 4.69) is 36.5 Å². The Bertz CT molecular complexity index is 364. The van der Waals surface area contributed by atoms with Gasteiger partial charge in [0, 0.05) is 19.3 Å². The maximum Gasteiger partial charge on any atom is 0.0478 e. The summed E-state index contributed by atoms with van der Waals surface area (Å²) in [6.45, 7) is 5.07. The molecule has 1 unspecified atom stereocenters. The van der Waals surface area contributed by atoms with Crippen LogP contribution in [0.25, 0.3) is 0 Å². The molecule has 1 aliphatic rings. The van der Waals surface area contributed by atoms with E-state index in [0.717, 1.165) is 26.2 Å². The second-order valence-corrected chi connectivity index (χ2v) is 5.42. The molecular formula is C17H27NO. The van der Waals surface area contributed by atoms with Crippen molar-refractivity contribution in [3.8, 4) is 0 Å². The molecule has 0 aliphatic heterocycles. The fraction of sp³-hybridized carbons (Fsp3) is 0.647. The largest absolute Gasteiger partial charge is 0.381 e. The van der Waals surface area contributed by atoms with Crippen molar-refractivity contribution in [1.29, 1.82) is 0 Å². The summed E-state index contributed by atoms with van der Waals surface area (Å²) in [5.41, 5.74) is 3.05. The number of aryl methyl sites for hydroxylation is 1. The van der Waals surface area contributed by atoms with E-state index in [1.54, 1.807) is 0 Å². The van der Waals surface area contributed by atoms with Crippen LogP contribution >= 0.6 is 0 Å². The highest BCUT2D eigenvalue weighted by Crippen LogP contribution is 2.29. The zero-order valence-electron chi connectivity index (χ0n) is 12.2. The van der Waals surface area contributed by atoms with Crippen molar-refractivity contribution >= 4 is 0 Å². The molecule has 1 N–H and O–H groups in total. The second-order valence-electron chi connectivity index (χ2n) is 5.42. The van der Waals surface area contributed by atoms with E-state index in [4.69, 9.17) is 4.74 Å². The van der Waals surface area contributed by atoms with Gasteiger partial charge in [-0.15, -0.1) is 0 Å². The standard InChI is InChI=1S/C17H27NO/c1-2-3-13-19-14-7-12-18-17-11-6-9-15-8-4-5-10-16(15)17/h4-5,8,10,17-18H,2-3,6-7,9,11-14H2,1H3. The van der Waals surface area contributed by atoms with Crippen LogP contribution in [-0.2, 0) is 11.2 Å². The lowest BCUT2D eigenvalue weighted by Crippen LogP contribution is -2.26. The molecule has 19 heavy (non-hydrogen) atoms. The summed E-state index contributed by atoms with van der Waals surface area (Å²) in [5, 5.41) is 3.69. The summed E-state index contributed by atoms with van der Waals surface area (Å²) in [7, 11) is 0. The Balaban J connectivity index is 1.67. The number of hydrogen-bond acceptors (Lipinski definition) is 2. The average molecular weight is 261 g/mol. The first kappa shape index (κ1) is 14.5. The molecule has 106 valence electrons. The minimum atomic E-state index is 0.556. The van der Waals surface area contributed by atoms with E-state index in [1.807, 2.05) is 0 Å². The monoisotopic (exact) mass is 261 g/mol. The number of nitrogens with one attached hydrogen (secondary N) is 1. The molecule has 2 nitrogen and oxygen atoms in total. The summed E-state index contributed by atoms with van der Waals surface area (Å²) in [4.78, 5) is 0. The highest BCUT2D eigenvalue weighted by molar-refractivity contribution is 5.32. The number of unbranched alkanes of at least 4 members (excludes halogenated alkanes) is 1. The van der Waals surface area contributed by atoms with Crippen LogP contribution in [0.15, 0.2) is 24.3 Å². The van der Waals surface area contributed by atoms with E-state index in [9.17, 15) is 0 Å². The maximum absolute atomic E-state index is 5.59. The predicted octanol–water partition coefficient (Wildman–Crippen LogP) is 3.86. The molecule has 2 rings (SSSR count). The van der Waals surface area contributed by atoms with Gasteiger partial charge < -0.3 is 10.1 Å². The first-order valence-electron chi connectivity index (χ1n) is 7.80. The number of fused-ring (bicyclic) bond motifs is 1. The molecule has 0 aromatic heterocycles. The van der Waals surface area contributed by atoms with Crippen LogP contribution in [0.2, 0.25) is 0 Å². The van der Waals surface area contributed by atoms with E-state index < -0.39 is 0 Å². The first-order valence-corrected chi connectivity index (χ1v) is 7.80. The Morgan fingerprint density at radius 3 is 2.95 bits per heavy atom. The van der Waals surface area contributed by atoms with Crippen molar-refractivity contribution in [2.75, 3.05) is 19.8 Å². The Morgan fingerprint density at radius 1 is 1.21 bits per heavy atom. The van der Waals surface area contributed by atoms with Crippen LogP contribution in [0.3, 0.4) is 0 Å². The Labute approximate surface area is 117 Å². The average Bonchev–Trinajstić information content (AvgIpc) is 2.46. The van der Waals surface area contributed by atoms with Gasteiger partial charge in [-0.25, -0.2) is 0 Å². The van der Waals surface area contributed by atoms with Gasteiger partial charge in [0.05, 0.1) is 0 Å². The minimum Gasteiger partial charge on any atom is -0.381 e. The molecule has 1 aliphatic carbocycles. The van der Waals surface area contributed by atoms with Gasteiger partial charge in [-0.05, 0) is 49.8 Å². The first-order chi connectivity index (χ1) is 9.42. The normalized spacial score (nSPS) is 18.3. The van der Waals surface area contributed by atoms with Crippen molar-refractivity contribution in [3.05, 3.63) is 35.4 Å². The van der Waals surface area contributed by atoms with Crippen molar-refractivity contribution in [1.82, 2.24) is 5.32 Å². The molecule has 1 atom stereocenters. The van der Waals surface area contributed by atoms with Crippen LogP contribution in [0.4, 0.5) is 0 Å². The van der Waals surface area contributed by atoms with Crippen LogP contribution in [-0.4, -0.2) is 19.8 Å². The topological polar surface area (TPSA) is 21.3 Å². The lowest BCUT2D eigenvalue weighted by atomic mass is 9.88. The number of rotatable bonds is 8. The molecule has 0 heterocycles. The molecule has 1 aromatic carbocycles. The molecule has 1 aromatic rings. The third-order valence-corrected chi connectivity index (χ3v) is 3.87. The highest BCUT2D eigenvalue weighted by Gasteiger charge is 2.18. The Morgan fingerprint density at radius 2 is 2.05 bits per heavy atom. The Hall–Kier alpha value is -0.860. The molecular weight excluding hydrogens is 234 g/mol. The van der Waals surface area contributed by atoms with Crippen LogP contribution in [0.1, 0.15) is 56.2 Å². The van der Waals surface area contributed by atoms with Crippen molar-refractivity contribution < 1.29 is 4.74 Å². The molecule has 0 radical (unpaired) electrons. The van der Waals surface area contributed by atoms with Gasteiger partial charge in [-0.2, -0.15) is 0 Å². The lowest BCUT2D eigenvalue weighted by molar-refractivity contribution is 0.128. The fourth-order valence-corrected chi connectivity index (χ4v) is 2.76. The van der Waals surface area contributed by atoms with Crippen molar-refractivity contribution in [2.45, 2.75) is 51.5 Å². The second kappa shape index (κ2) is 8.34. The fourth-order valence-electron chi connectivity index (χ4n) is 2.76. The number of hydrogen-bond donors (Lipinski definition) is 1. The van der Waals surface area contributed by atoms with Gasteiger partial charge in [0.1, 0.15) is 0 Å². The third-order valence-electron chi connectivity index (χ3n) is 3.87. The van der Waals surface area contributed by atoms with Crippen LogP contribution < -0.4 is 5.32 Å². The van der Waals surface area contributed by atoms with Gasteiger partial charge in [0.25, 0.3) is 0 Å². The van der Waals surface area contributed by atoms with Gasteiger partial charge in [0.2, 0.25) is 0 Å². The van der Waals surface area contributed by atoms with E-state index >= 15 is 0 Å². The molecule has 0 bridgehead atoms. The molecule has 2 heteroatoms. The van der Waals surface area contributed by atoms with Crippen LogP contribution in [0, 0.1) is 0 Å². The minimum absolute atomic E-state index is 0.556. The van der Waals surface area contributed by atoms with E-state index in [0.29, 0.717) is 6.04 Å². The Kier molecular flexibility index (Phi) is 6.38. The summed E-state index contributed by atoms with van der Waals surface area (Å²) >= 11 is 0. The summed E-state index contributed by atoms with van der Waals surface area (Å²) in [6, 6.07) is 9.43. The van der Waals surface area contributed by atoms with Crippen LogP contribution in [0.5, 0.6) is 0 Å². The molecule has 0 spiro atoms. The molecule has 0 amide bonds. The quantitative estimate of drug-likeness (QED) is 0.717. The zero-order chi connectivity index (χ0) is 13.3. The third kappa shape index (κ3) is 4.63. The van der Waals surface area contributed by atoms with Gasteiger partial charge in [0.15, 0.2) is 0 Å². The van der Waals surface area contributed by atoms with Gasteiger partial charge in [-0.1, -0.05) is 37.6 Å². The maximum atomic E-state index is 5.59. The number of benzene rings is 1. The van der Waals surface area contributed by atoms with Gasteiger partial charge in [-0.3, -0.25) is 0 Å². The van der Waals surface area contributed by atoms with E-state index in [1.165, 1.54) is 43.2 Å². The SMILES string of the molecule is CCCCOCCCNC1CCCc2ccccc21. The smallest absolute Gasteiger partial charge is 0.0478 e. The molecule has 0 saturated heterocycles. The predicted molar refractivity (Wildman–Crippen MR) is 80.5 cm³/mol. The van der Waals surface area contributed by atoms with Crippen molar-refractivity contribution in [3.63, 3.8) is 0 Å². The highest BCUT2D eigenvalue weighted by atomic mass is 16.5. The number of ether oxygens (including phenoxy) is 1. The molecule has 0 saturated carbocycles. The summed E-state index contributed by atoms with van der Waals surface area (Å²) in [5.74, 6) is 0. The molecule has 0 fully saturated rings. The van der Waals surface area contributed by atoms with E-state index in [-0.39, 0.29) is 0 Å². The zero-order valence-corrected chi connectivity index (χ0v) is 12.2. The lowest BCUT2D eigenvalue weighted by Gasteiger charge is -2.26.